The van der Waals surface area contributed by atoms with Gasteiger partial charge in [0.05, 0.1) is 19.0 Å². The predicted molar refractivity (Wildman–Crippen MR) is 39.0 cm³/mol. The fraction of sp³-hybridized carbons (Fsp3) is 0.375. The van der Waals surface area contributed by atoms with Crippen molar-refractivity contribution in [1.29, 1.82) is 0 Å². The van der Waals surface area contributed by atoms with Crippen LogP contribution in [0, 0.1) is 6.20 Å². The molecule has 1 rings (SSSR count). The van der Waals surface area contributed by atoms with Crippen LogP contribution in [0.3, 0.4) is 0 Å². The van der Waals surface area contributed by atoms with Crippen molar-refractivity contribution >= 4 is 0 Å². The molecule has 1 aromatic rings. The molecule has 53 valence electrons. The van der Waals surface area contributed by atoms with Crippen molar-refractivity contribution in [2.24, 2.45) is 0 Å². The Hall–Kier alpha value is -1.05. The lowest BCUT2D eigenvalue weighted by Crippen LogP contribution is -1.92. The summed E-state index contributed by atoms with van der Waals surface area (Å²) in [4.78, 5) is 4.02. The first-order valence-corrected chi connectivity index (χ1v) is 3.28. The largest absolute Gasteiger partial charge is 0.495 e. The lowest BCUT2D eigenvalue weighted by Gasteiger charge is -2.02. The van der Waals surface area contributed by atoms with Crippen LogP contribution in [-0.2, 0) is 6.42 Å². The number of aromatic nitrogens is 1. The van der Waals surface area contributed by atoms with Crippen LogP contribution in [0.15, 0.2) is 12.1 Å². The van der Waals surface area contributed by atoms with Gasteiger partial charge in [0.25, 0.3) is 0 Å². The van der Waals surface area contributed by atoms with Gasteiger partial charge in [-0.3, -0.25) is 0 Å². The summed E-state index contributed by atoms with van der Waals surface area (Å²) in [5, 5.41) is 0. The highest BCUT2D eigenvalue weighted by molar-refractivity contribution is 5.25. The number of methoxy groups -OCH3 is 1. The number of pyridine rings is 1. The first-order valence-electron chi connectivity index (χ1n) is 3.28. The Balaban J connectivity index is 2.96. The predicted octanol–water partition coefficient (Wildman–Crippen LogP) is 1.45. The Morgan fingerprint density at radius 3 is 3.00 bits per heavy atom. The van der Waals surface area contributed by atoms with Crippen molar-refractivity contribution in [3.8, 4) is 5.75 Å². The Morgan fingerprint density at radius 2 is 2.50 bits per heavy atom. The summed E-state index contributed by atoms with van der Waals surface area (Å²) in [6.07, 6.45) is 3.65. The smallest absolute Gasteiger partial charge is 0.140 e. The van der Waals surface area contributed by atoms with E-state index in [2.05, 4.69) is 11.2 Å². The van der Waals surface area contributed by atoms with Gasteiger partial charge in [0.1, 0.15) is 5.75 Å². The summed E-state index contributed by atoms with van der Waals surface area (Å²) >= 11 is 0. The monoisotopic (exact) mass is 136 g/mol. The van der Waals surface area contributed by atoms with Crippen molar-refractivity contribution in [2.75, 3.05) is 7.11 Å². The molecule has 0 unspecified atom stereocenters. The maximum Gasteiger partial charge on any atom is 0.140 e. The van der Waals surface area contributed by atoms with Crippen LogP contribution in [-0.4, -0.2) is 12.1 Å². The number of ether oxygens (including phenoxy) is 1. The highest BCUT2D eigenvalue weighted by atomic mass is 16.5. The Morgan fingerprint density at radius 1 is 1.70 bits per heavy atom. The molecule has 0 aliphatic heterocycles. The Labute approximate surface area is 60.9 Å². The minimum atomic E-state index is 0.848. The molecule has 2 nitrogen and oxygen atoms in total. The molecular weight excluding hydrogens is 126 g/mol. The fourth-order valence-electron chi connectivity index (χ4n) is 0.819. The van der Waals surface area contributed by atoms with Crippen molar-refractivity contribution < 1.29 is 4.74 Å². The van der Waals surface area contributed by atoms with E-state index in [1.165, 1.54) is 0 Å². The van der Waals surface area contributed by atoms with E-state index in [9.17, 15) is 0 Å². The van der Waals surface area contributed by atoms with Gasteiger partial charge in [-0.2, -0.15) is 0 Å². The average Bonchev–Trinajstić information content (AvgIpc) is 2.04. The molecule has 1 heterocycles. The lowest BCUT2D eigenvalue weighted by molar-refractivity contribution is 0.407. The second-order valence-corrected chi connectivity index (χ2v) is 1.94. The standard InChI is InChI=1S/C8H10NO/c1-3-7-8(10-2)5-4-6-9-7/h4-5H,3H2,1-2H3. The van der Waals surface area contributed by atoms with Gasteiger partial charge in [-0.25, -0.2) is 4.98 Å². The number of aryl methyl sites for hydroxylation is 1. The zero-order valence-corrected chi connectivity index (χ0v) is 6.22. The van der Waals surface area contributed by atoms with Crippen molar-refractivity contribution in [2.45, 2.75) is 13.3 Å². The molecule has 0 saturated carbocycles. The van der Waals surface area contributed by atoms with E-state index in [0.717, 1.165) is 17.9 Å². The van der Waals surface area contributed by atoms with Gasteiger partial charge in [-0.15, -0.1) is 0 Å². The average molecular weight is 136 g/mol. The Kier molecular flexibility index (Phi) is 2.26. The molecule has 1 aromatic heterocycles. The molecule has 0 atom stereocenters. The molecule has 10 heavy (non-hydrogen) atoms. The lowest BCUT2D eigenvalue weighted by atomic mass is 10.3. The van der Waals surface area contributed by atoms with Crippen molar-refractivity contribution in [3.63, 3.8) is 0 Å². The molecule has 0 fully saturated rings. The molecule has 0 saturated heterocycles. The summed E-state index contributed by atoms with van der Waals surface area (Å²) in [5.74, 6) is 0.848. The van der Waals surface area contributed by atoms with Gasteiger partial charge >= 0.3 is 0 Å². The van der Waals surface area contributed by atoms with Crippen LogP contribution in [0.4, 0.5) is 0 Å². The molecule has 0 aromatic carbocycles. The summed E-state index contributed by atoms with van der Waals surface area (Å²) in [5.41, 5.74) is 0.963. The summed E-state index contributed by atoms with van der Waals surface area (Å²) in [7, 11) is 1.65. The summed E-state index contributed by atoms with van der Waals surface area (Å²) < 4.78 is 5.05. The molecule has 0 aliphatic rings. The van der Waals surface area contributed by atoms with Gasteiger partial charge in [0.2, 0.25) is 0 Å². The molecule has 0 N–H and O–H groups in total. The third kappa shape index (κ3) is 1.26. The van der Waals surface area contributed by atoms with E-state index in [-0.39, 0.29) is 0 Å². The summed E-state index contributed by atoms with van der Waals surface area (Å²) in [6, 6.07) is 3.61. The molecule has 1 radical (unpaired) electrons. The fourth-order valence-corrected chi connectivity index (χ4v) is 0.819. The van der Waals surface area contributed by atoms with E-state index < -0.39 is 0 Å². The zero-order chi connectivity index (χ0) is 7.40. The SMILES string of the molecule is CCc1n[c]ccc1OC. The van der Waals surface area contributed by atoms with Crippen molar-refractivity contribution in [3.05, 3.63) is 24.0 Å². The minimum Gasteiger partial charge on any atom is -0.495 e. The van der Waals surface area contributed by atoms with Gasteiger partial charge in [-0.1, -0.05) is 6.92 Å². The van der Waals surface area contributed by atoms with Crippen LogP contribution in [0.25, 0.3) is 0 Å². The molecule has 0 spiro atoms. The number of nitrogens with zero attached hydrogens (tertiary/aromatic N) is 1. The third-order valence-corrected chi connectivity index (χ3v) is 1.35. The topological polar surface area (TPSA) is 22.1 Å². The van der Waals surface area contributed by atoms with Crippen LogP contribution in [0.5, 0.6) is 5.75 Å². The quantitative estimate of drug-likeness (QED) is 0.614. The zero-order valence-electron chi connectivity index (χ0n) is 6.22. The number of rotatable bonds is 2. The van der Waals surface area contributed by atoms with E-state index in [1.807, 2.05) is 13.0 Å². The first kappa shape index (κ1) is 7.06. The highest BCUT2D eigenvalue weighted by Gasteiger charge is 1.97. The molecular formula is C8H10NO. The van der Waals surface area contributed by atoms with Crippen LogP contribution in [0.1, 0.15) is 12.6 Å². The second kappa shape index (κ2) is 3.20. The molecule has 0 bridgehead atoms. The first-order chi connectivity index (χ1) is 4.88. The van der Waals surface area contributed by atoms with Gasteiger partial charge in [0, 0.05) is 0 Å². The second-order valence-electron chi connectivity index (χ2n) is 1.94. The van der Waals surface area contributed by atoms with E-state index in [0.29, 0.717) is 0 Å². The number of hydrogen-bond acceptors (Lipinski definition) is 2. The minimum absolute atomic E-state index is 0.848. The van der Waals surface area contributed by atoms with E-state index >= 15 is 0 Å². The van der Waals surface area contributed by atoms with E-state index in [4.69, 9.17) is 4.74 Å². The maximum atomic E-state index is 5.05. The van der Waals surface area contributed by atoms with Crippen LogP contribution >= 0.6 is 0 Å². The maximum absolute atomic E-state index is 5.05. The summed E-state index contributed by atoms with van der Waals surface area (Å²) in [6.45, 7) is 2.04. The Bertz CT molecular complexity index is 187. The van der Waals surface area contributed by atoms with Crippen LogP contribution < -0.4 is 4.74 Å². The molecule has 0 amide bonds. The highest BCUT2D eigenvalue weighted by Crippen LogP contribution is 2.13. The van der Waals surface area contributed by atoms with Gasteiger partial charge < -0.3 is 4.74 Å². The third-order valence-electron chi connectivity index (χ3n) is 1.35. The van der Waals surface area contributed by atoms with E-state index in [1.54, 1.807) is 13.2 Å². The van der Waals surface area contributed by atoms with Gasteiger partial charge in [0.15, 0.2) is 0 Å². The molecule has 0 aliphatic carbocycles. The van der Waals surface area contributed by atoms with Crippen LogP contribution in [0.2, 0.25) is 0 Å². The normalized spacial score (nSPS) is 9.40. The van der Waals surface area contributed by atoms with Gasteiger partial charge in [-0.05, 0) is 18.6 Å². The van der Waals surface area contributed by atoms with Crippen molar-refractivity contribution in [1.82, 2.24) is 4.98 Å². The molecule has 2 heteroatoms. The number of hydrogen-bond donors (Lipinski definition) is 0.